The first kappa shape index (κ1) is 37.9. The molecule has 0 saturated carbocycles. The van der Waals surface area contributed by atoms with Crippen LogP contribution in [-0.2, 0) is 16.0 Å². The van der Waals surface area contributed by atoms with Gasteiger partial charge in [0.25, 0.3) is 11.8 Å². The van der Waals surface area contributed by atoms with Crippen LogP contribution in [0.5, 0.6) is 11.5 Å². The summed E-state index contributed by atoms with van der Waals surface area (Å²) < 4.78 is 11.3. The van der Waals surface area contributed by atoms with E-state index in [0.29, 0.717) is 42.3 Å². The van der Waals surface area contributed by atoms with Crippen molar-refractivity contribution in [3.63, 3.8) is 0 Å². The van der Waals surface area contributed by atoms with E-state index in [-0.39, 0.29) is 54.7 Å². The van der Waals surface area contributed by atoms with Gasteiger partial charge in [-0.1, -0.05) is 61.9 Å². The third-order valence-electron chi connectivity index (χ3n) is 9.80. The number of ether oxygens (including phenoxy) is 2. The average Bonchev–Trinajstić information content (AvgIpc) is 3.79. The number of hydrogen-bond donors (Lipinski definition) is 3. The number of likely N-dealkylation sites (tertiary alicyclic amines) is 2. The molecule has 2 saturated heterocycles. The second-order valence-corrected chi connectivity index (χ2v) is 13.8. The Morgan fingerprint density at radius 1 is 0.904 bits per heavy atom. The number of carbonyl (C=O) groups excluding carboxylic acids is 4. The molecule has 0 aliphatic carbocycles. The number of nitrogens with zero attached hydrogens (tertiary/aromatic N) is 2. The molecule has 52 heavy (non-hydrogen) atoms. The largest absolute Gasteiger partial charge is 0.493 e. The number of aromatic amines is 1. The van der Waals surface area contributed by atoms with E-state index in [4.69, 9.17) is 9.47 Å². The van der Waals surface area contributed by atoms with Crippen LogP contribution in [0, 0.1) is 24.7 Å². The molecule has 4 aromatic rings. The minimum Gasteiger partial charge on any atom is -0.493 e. The van der Waals surface area contributed by atoms with E-state index < -0.39 is 5.92 Å². The number of rotatable bonds is 10. The first-order valence-electron chi connectivity index (χ1n) is 18.1. The highest BCUT2D eigenvalue weighted by atomic mass is 16.5. The number of amides is 4. The molecule has 3 unspecified atom stereocenters. The van der Waals surface area contributed by atoms with Crippen LogP contribution in [0.4, 0.5) is 0 Å². The van der Waals surface area contributed by atoms with Gasteiger partial charge in [-0.2, -0.15) is 0 Å². The van der Waals surface area contributed by atoms with Crippen molar-refractivity contribution in [2.24, 2.45) is 17.8 Å². The lowest BCUT2D eigenvalue weighted by atomic mass is 9.79. The van der Waals surface area contributed by atoms with Crippen molar-refractivity contribution < 1.29 is 28.7 Å². The Bertz CT molecular complexity index is 1870. The van der Waals surface area contributed by atoms with Gasteiger partial charge < -0.3 is 34.9 Å². The molecule has 3 N–H and O–H groups in total. The molecule has 3 heterocycles. The second kappa shape index (κ2) is 17.3. The molecular formula is C41H51N5O6. The van der Waals surface area contributed by atoms with Crippen LogP contribution in [0.25, 0.3) is 10.9 Å². The Balaban J connectivity index is 0.000000507. The minimum atomic E-state index is -0.589. The zero-order valence-corrected chi connectivity index (χ0v) is 31.0. The van der Waals surface area contributed by atoms with E-state index in [1.807, 2.05) is 39.0 Å². The fourth-order valence-corrected chi connectivity index (χ4v) is 7.19. The number of aromatic nitrogens is 1. The second-order valence-electron chi connectivity index (χ2n) is 13.8. The molecule has 3 aromatic carbocycles. The fraction of sp³-hybridized carbons (Fsp3) is 0.415. The molecule has 11 heteroatoms. The smallest absolute Gasteiger partial charge is 0.256 e. The van der Waals surface area contributed by atoms with Gasteiger partial charge in [0.15, 0.2) is 11.5 Å². The van der Waals surface area contributed by atoms with Gasteiger partial charge >= 0.3 is 0 Å². The molecule has 1 aromatic heterocycles. The number of para-hydroxylation sites is 1. The lowest BCUT2D eigenvalue weighted by Crippen LogP contribution is -2.53. The summed E-state index contributed by atoms with van der Waals surface area (Å²) in [6.07, 6.45) is 4.12. The molecule has 0 radical (unpaired) electrons. The number of benzene rings is 3. The fourth-order valence-electron chi connectivity index (χ4n) is 7.19. The zero-order valence-electron chi connectivity index (χ0n) is 31.0. The van der Waals surface area contributed by atoms with Gasteiger partial charge in [-0.25, -0.2) is 0 Å². The van der Waals surface area contributed by atoms with Gasteiger partial charge in [-0.15, -0.1) is 0 Å². The van der Waals surface area contributed by atoms with Crippen molar-refractivity contribution in [3.8, 4) is 11.5 Å². The first-order valence-corrected chi connectivity index (χ1v) is 18.1. The van der Waals surface area contributed by atoms with Gasteiger partial charge in [0.2, 0.25) is 11.8 Å². The molecule has 4 amide bonds. The molecule has 2 aliphatic heterocycles. The molecule has 3 atom stereocenters. The third-order valence-corrected chi connectivity index (χ3v) is 9.80. The minimum absolute atomic E-state index is 0.0532. The van der Waals surface area contributed by atoms with Crippen LogP contribution in [0.2, 0.25) is 0 Å². The summed E-state index contributed by atoms with van der Waals surface area (Å²) in [5, 5.41) is 6.07. The summed E-state index contributed by atoms with van der Waals surface area (Å²) in [6.45, 7) is 9.22. The van der Waals surface area contributed by atoms with Crippen molar-refractivity contribution in [1.82, 2.24) is 25.4 Å². The molecule has 2 aliphatic rings. The van der Waals surface area contributed by atoms with Crippen LogP contribution >= 0.6 is 0 Å². The maximum Gasteiger partial charge on any atom is 0.256 e. The molecule has 11 nitrogen and oxygen atoms in total. The van der Waals surface area contributed by atoms with E-state index in [9.17, 15) is 19.2 Å². The first-order chi connectivity index (χ1) is 25.0. The van der Waals surface area contributed by atoms with Crippen LogP contribution < -0.4 is 20.1 Å². The molecule has 2 fully saturated rings. The number of hydrogen-bond acceptors (Lipinski definition) is 6. The number of fused-ring (bicyclic) bond motifs is 2. The van der Waals surface area contributed by atoms with Crippen molar-refractivity contribution >= 4 is 34.5 Å². The van der Waals surface area contributed by atoms with Crippen molar-refractivity contribution in [2.45, 2.75) is 46.6 Å². The van der Waals surface area contributed by atoms with Gasteiger partial charge in [0.05, 0.1) is 31.2 Å². The molecule has 0 bridgehead atoms. The van der Waals surface area contributed by atoms with Crippen LogP contribution in [0.15, 0.2) is 72.9 Å². The predicted molar refractivity (Wildman–Crippen MR) is 202 cm³/mol. The number of nitrogens with one attached hydrogen (secondary N) is 3. The summed E-state index contributed by atoms with van der Waals surface area (Å²) in [6, 6.07) is 21.5. The summed E-state index contributed by atoms with van der Waals surface area (Å²) in [7, 11) is 3.04. The molecular weight excluding hydrogens is 658 g/mol. The van der Waals surface area contributed by atoms with E-state index in [1.54, 1.807) is 34.2 Å². The number of likely N-dealkylation sites (N-methyl/N-ethyl adjacent to an activating group) is 1. The maximum atomic E-state index is 13.9. The van der Waals surface area contributed by atoms with Crippen molar-refractivity contribution in [2.75, 3.05) is 46.9 Å². The van der Waals surface area contributed by atoms with Crippen LogP contribution in [-0.4, -0.2) is 91.4 Å². The average molecular weight is 710 g/mol. The predicted octanol–water partition coefficient (Wildman–Crippen LogP) is 5.23. The van der Waals surface area contributed by atoms with Crippen LogP contribution in [0.1, 0.15) is 59.0 Å². The lowest BCUT2D eigenvalue weighted by molar-refractivity contribution is -0.131. The van der Waals surface area contributed by atoms with E-state index in [0.717, 1.165) is 16.5 Å². The molecule has 276 valence electrons. The van der Waals surface area contributed by atoms with Gasteiger partial charge in [-0.3, -0.25) is 19.2 Å². The highest BCUT2D eigenvalue weighted by molar-refractivity contribution is 6.07. The summed E-state index contributed by atoms with van der Waals surface area (Å²) >= 11 is 0. The van der Waals surface area contributed by atoms with Gasteiger partial charge in [0, 0.05) is 55.9 Å². The number of aryl methyl sites for hydroxylation is 2. The molecule has 6 rings (SSSR count). The number of carbonyl (C=O) groups is 4. The topological polar surface area (TPSA) is 133 Å². The van der Waals surface area contributed by atoms with Gasteiger partial charge in [0.1, 0.15) is 0 Å². The van der Waals surface area contributed by atoms with E-state index in [1.165, 1.54) is 32.6 Å². The zero-order chi connectivity index (χ0) is 37.4. The van der Waals surface area contributed by atoms with Crippen molar-refractivity contribution in [3.05, 3.63) is 95.2 Å². The quantitative estimate of drug-likeness (QED) is 0.207. The van der Waals surface area contributed by atoms with E-state index >= 15 is 0 Å². The standard InChI is InChI=1S/C32H39N5O6.C9H12/c1-18(2)43-26-10-9-20(11-27(26)42-5)31(40)36-14-21-15-37(17-25(24(21)16-36)30(39)35-13-28(38)33-4)32(41)23-12-34-29-19(3)7-6-8-22(23)29;1-2-6-9-7-4-3-5-8-9/h6-12,18,21,24-25,34H,13-17H2,1-5H3,(H,33,38)(H,35,39);3-5,7-8H,2,6H2,1H3. The number of H-pyrrole nitrogens is 1. The SMILES string of the molecule is CCCc1ccccc1.CNC(=O)CNC(=O)C1CN(C(=O)c2c[nH]c3c(C)cccc23)CC2CN(C(=O)c3ccc(OC(C)C)c(OC)c3)CC21. The Labute approximate surface area is 306 Å². The monoisotopic (exact) mass is 709 g/mol. The van der Waals surface area contributed by atoms with E-state index in [2.05, 4.69) is 52.9 Å². The Morgan fingerprint density at radius 2 is 1.63 bits per heavy atom. The third kappa shape index (κ3) is 8.75. The lowest BCUT2D eigenvalue weighted by Gasteiger charge is -2.39. The highest BCUT2D eigenvalue weighted by Gasteiger charge is 2.48. The Morgan fingerprint density at radius 3 is 2.31 bits per heavy atom. The summed E-state index contributed by atoms with van der Waals surface area (Å²) in [4.78, 5) is 59.6. The van der Waals surface area contributed by atoms with Crippen LogP contribution in [0.3, 0.4) is 0 Å². The summed E-state index contributed by atoms with van der Waals surface area (Å²) in [5.41, 5.74) is 4.38. The number of methoxy groups -OCH3 is 1. The van der Waals surface area contributed by atoms with Crippen molar-refractivity contribution in [1.29, 1.82) is 0 Å². The number of piperidine rings is 1. The molecule has 0 spiro atoms. The summed E-state index contributed by atoms with van der Waals surface area (Å²) in [5.74, 6) is -0.835. The Hall–Kier alpha value is -5.32. The normalized spacial score (nSPS) is 17.9. The maximum absolute atomic E-state index is 13.9. The Kier molecular flexibility index (Phi) is 12.6. The highest BCUT2D eigenvalue weighted by Crippen LogP contribution is 2.38. The van der Waals surface area contributed by atoms with Gasteiger partial charge in [-0.05, 0) is 68.4 Å².